The topological polar surface area (TPSA) is 71.2 Å². The molecule has 21 heavy (non-hydrogen) atoms. The number of amides is 1. The molecule has 112 valence electrons. The monoisotopic (exact) mass is 304 g/mol. The predicted octanol–water partition coefficient (Wildman–Crippen LogP) is 2.79. The van der Waals surface area contributed by atoms with E-state index in [-0.39, 0.29) is 11.9 Å². The van der Waals surface area contributed by atoms with Crippen LogP contribution in [0.15, 0.2) is 29.6 Å². The number of pyridine rings is 1. The lowest BCUT2D eigenvalue weighted by atomic mass is 10.1. The summed E-state index contributed by atoms with van der Waals surface area (Å²) in [6, 6.07) is 7.61. The van der Waals surface area contributed by atoms with E-state index in [1.54, 1.807) is 23.5 Å². The number of hydrazine groups is 1. The highest BCUT2D eigenvalue weighted by Crippen LogP contribution is 2.18. The van der Waals surface area contributed by atoms with Gasteiger partial charge in [-0.1, -0.05) is 6.07 Å². The zero-order valence-electron chi connectivity index (χ0n) is 12.5. The number of rotatable bonds is 5. The molecule has 0 radical (unpaired) electrons. The summed E-state index contributed by atoms with van der Waals surface area (Å²) in [6.07, 6.45) is 0. The Morgan fingerprint density at radius 3 is 2.81 bits per heavy atom. The second-order valence-electron chi connectivity index (χ2n) is 5.13. The molecule has 0 aliphatic carbocycles. The van der Waals surface area contributed by atoms with Crippen LogP contribution < -0.4 is 11.3 Å². The molecular weight excluding hydrogens is 284 g/mol. The van der Waals surface area contributed by atoms with E-state index in [1.807, 2.05) is 43.2 Å². The number of nitrogens with one attached hydrogen (secondary N) is 1. The molecule has 2 aromatic rings. The van der Waals surface area contributed by atoms with Gasteiger partial charge in [0, 0.05) is 22.2 Å². The van der Waals surface area contributed by atoms with Gasteiger partial charge in [0.25, 0.3) is 5.91 Å². The maximum atomic E-state index is 12.8. The molecule has 6 heteroatoms. The third-order valence-electron chi connectivity index (χ3n) is 3.14. The Hall–Kier alpha value is -1.92. The number of nitrogen functional groups attached to an aromatic ring is 1. The predicted molar refractivity (Wildman–Crippen MR) is 86.1 cm³/mol. The minimum atomic E-state index is -0.0135. The van der Waals surface area contributed by atoms with Gasteiger partial charge < -0.3 is 10.3 Å². The molecule has 0 atom stereocenters. The molecule has 1 amide bonds. The van der Waals surface area contributed by atoms with E-state index in [1.165, 1.54) is 4.88 Å². The van der Waals surface area contributed by atoms with E-state index < -0.39 is 0 Å². The van der Waals surface area contributed by atoms with Gasteiger partial charge in [-0.25, -0.2) is 10.8 Å². The Labute approximate surface area is 128 Å². The van der Waals surface area contributed by atoms with Crippen molar-refractivity contribution in [2.24, 2.45) is 5.84 Å². The lowest BCUT2D eigenvalue weighted by molar-refractivity contribution is 0.0692. The molecule has 2 heterocycles. The summed E-state index contributed by atoms with van der Waals surface area (Å²) >= 11 is 1.65. The quantitative estimate of drug-likeness (QED) is 0.658. The average Bonchev–Trinajstić information content (AvgIpc) is 2.96. The van der Waals surface area contributed by atoms with Crippen LogP contribution in [0.4, 0.5) is 5.82 Å². The Morgan fingerprint density at radius 1 is 1.48 bits per heavy atom. The second-order valence-corrected chi connectivity index (χ2v) is 6.17. The largest absolute Gasteiger partial charge is 0.331 e. The summed E-state index contributed by atoms with van der Waals surface area (Å²) in [5.74, 6) is 5.88. The minimum absolute atomic E-state index is 0.0135. The Bertz CT molecular complexity index is 610. The van der Waals surface area contributed by atoms with Crippen LogP contribution in [-0.4, -0.2) is 21.8 Å². The summed E-state index contributed by atoms with van der Waals surface area (Å²) in [5, 5.41) is 2.02. The van der Waals surface area contributed by atoms with Gasteiger partial charge >= 0.3 is 0 Å². The van der Waals surface area contributed by atoms with Crippen LogP contribution in [0, 0.1) is 6.92 Å². The van der Waals surface area contributed by atoms with Crippen LogP contribution in [0.25, 0.3) is 0 Å². The standard InChI is InChI=1S/C15H20N4OS/c1-10(2)19(9-13-5-4-6-21-13)15(20)12-7-11(3)17-14(8-12)18-16/h4-8,10H,9,16H2,1-3H3,(H,17,18). The normalized spacial score (nSPS) is 10.7. The summed E-state index contributed by atoms with van der Waals surface area (Å²) in [5.41, 5.74) is 3.85. The lowest BCUT2D eigenvalue weighted by Crippen LogP contribution is -2.36. The molecule has 0 unspecified atom stereocenters. The van der Waals surface area contributed by atoms with Crippen molar-refractivity contribution in [3.05, 3.63) is 45.8 Å². The molecule has 5 nitrogen and oxygen atoms in total. The van der Waals surface area contributed by atoms with Crippen LogP contribution in [0.3, 0.4) is 0 Å². The summed E-state index contributed by atoms with van der Waals surface area (Å²) in [6.45, 7) is 6.49. The first-order valence-electron chi connectivity index (χ1n) is 6.80. The number of nitrogens with zero attached hydrogens (tertiary/aromatic N) is 2. The fraction of sp³-hybridized carbons (Fsp3) is 0.333. The second kappa shape index (κ2) is 6.69. The van der Waals surface area contributed by atoms with Gasteiger partial charge in [-0.3, -0.25) is 4.79 Å². The number of nitrogens with two attached hydrogens (primary N) is 1. The van der Waals surface area contributed by atoms with E-state index >= 15 is 0 Å². The molecular formula is C15H20N4OS. The fourth-order valence-electron chi connectivity index (χ4n) is 2.09. The van der Waals surface area contributed by atoms with Crippen molar-refractivity contribution in [1.82, 2.24) is 9.88 Å². The number of carbonyl (C=O) groups excluding carboxylic acids is 1. The molecule has 0 aliphatic heterocycles. The van der Waals surface area contributed by atoms with Crippen LogP contribution in [0.5, 0.6) is 0 Å². The van der Waals surface area contributed by atoms with Gasteiger partial charge in [-0.15, -0.1) is 11.3 Å². The molecule has 2 aromatic heterocycles. The van der Waals surface area contributed by atoms with Gasteiger partial charge in [0.15, 0.2) is 0 Å². The Kier molecular flexibility index (Phi) is 4.93. The zero-order chi connectivity index (χ0) is 15.4. The van der Waals surface area contributed by atoms with Gasteiger partial charge in [-0.05, 0) is 44.4 Å². The van der Waals surface area contributed by atoms with Gasteiger partial charge in [0.1, 0.15) is 5.82 Å². The van der Waals surface area contributed by atoms with Crippen LogP contribution in [0.1, 0.15) is 34.8 Å². The minimum Gasteiger partial charge on any atom is -0.331 e. The van der Waals surface area contributed by atoms with E-state index in [4.69, 9.17) is 5.84 Å². The van der Waals surface area contributed by atoms with Crippen molar-refractivity contribution in [3.63, 3.8) is 0 Å². The molecule has 0 aromatic carbocycles. The molecule has 0 bridgehead atoms. The molecule has 0 aliphatic rings. The van der Waals surface area contributed by atoms with Gasteiger partial charge in [0.2, 0.25) is 0 Å². The van der Waals surface area contributed by atoms with Crippen molar-refractivity contribution in [2.75, 3.05) is 5.43 Å². The molecule has 0 saturated heterocycles. The molecule has 0 saturated carbocycles. The van der Waals surface area contributed by atoms with Crippen molar-refractivity contribution in [3.8, 4) is 0 Å². The molecule has 3 N–H and O–H groups in total. The SMILES string of the molecule is Cc1cc(C(=O)N(Cc2cccs2)C(C)C)cc(NN)n1. The third-order valence-corrected chi connectivity index (χ3v) is 4.00. The van der Waals surface area contributed by atoms with Gasteiger partial charge in [0.05, 0.1) is 6.54 Å². The summed E-state index contributed by atoms with van der Waals surface area (Å²) in [4.78, 5) is 20.0. The number of anilines is 1. The first-order valence-corrected chi connectivity index (χ1v) is 7.68. The summed E-state index contributed by atoms with van der Waals surface area (Å²) < 4.78 is 0. The smallest absolute Gasteiger partial charge is 0.254 e. The first kappa shape index (κ1) is 15.5. The maximum Gasteiger partial charge on any atom is 0.254 e. The van der Waals surface area contributed by atoms with E-state index in [2.05, 4.69) is 10.4 Å². The van der Waals surface area contributed by atoms with Crippen molar-refractivity contribution in [1.29, 1.82) is 0 Å². The lowest BCUT2D eigenvalue weighted by Gasteiger charge is -2.26. The number of aryl methyl sites for hydroxylation is 1. The highest BCUT2D eigenvalue weighted by atomic mass is 32.1. The number of hydrogen-bond donors (Lipinski definition) is 2. The molecule has 2 rings (SSSR count). The maximum absolute atomic E-state index is 12.8. The number of aromatic nitrogens is 1. The van der Waals surface area contributed by atoms with Crippen molar-refractivity contribution < 1.29 is 4.79 Å². The van der Waals surface area contributed by atoms with Crippen LogP contribution >= 0.6 is 11.3 Å². The van der Waals surface area contributed by atoms with E-state index in [0.29, 0.717) is 17.9 Å². The van der Waals surface area contributed by atoms with Crippen molar-refractivity contribution >= 4 is 23.1 Å². The summed E-state index contributed by atoms with van der Waals surface area (Å²) in [7, 11) is 0. The average molecular weight is 304 g/mol. The third kappa shape index (κ3) is 3.80. The highest BCUT2D eigenvalue weighted by molar-refractivity contribution is 7.09. The van der Waals surface area contributed by atoms with E-state index in [9.17, 15) is 4.79 Å². The van der Waals surface area contributed by atoms with Gasteiger partial charge in [-0.2, -0.15) is 0 Å². The first-order chi connectivity index (χ1) is 10.0. The Balaban J connectivity index is 2.28. The van der Waals surface area contributed by atoms with Crippen LogP contribution in [-0.2, 0) is 6.54 Å². The zero-order valence-corrected chi connectivity index (χ0v) is 13.3. The number of carbonyl (C=O) groups is 1. The van der Waals surface area contributed by atoms with Crippen LogP contribution in [0.2, 0.25) is 0 Å². The number of thiophene rings is 1. The van der Waals surface area contributed by atoms with E-state index in [0.717, 1.165) is 5.69 Å². The molecule has 0 spiro atoms. The fourth-order valence-corrected chi connectivity index (χ4v) is 2.79. The number of hydrogen-bond acceptors (Lipinski definition) is 5. The molecule has 0 fully saturated rings. The Morgan fingerprint density at radius 2 is 2.24 bits per heavy atom. The highest BCUT2D eigenvalue weighted by Gasteiger charge is 2.20. The van der Waals surface area contributed by atoms with Crippen molar-refractivity contribution in [2.45, 2.75) is 33.4 Å².